The second kappa shape index (κ2) is 10.5. The van der Waals surface area contributed by atoms with E-state index in [1.807, 2.05) is 49.3 Å². The van der Waals surface area contributed by atoms with Crippen molar-refractivity contribution in [2.75, 3.05) is 19.0 Å². The van der Waals surface area contributed by atoms with Crippen molar-refractivity contribution in [2.45, 2.75) is 44.0 Å². The molecule has 5 atom stereocenters. The van der Waals surface area contributed by atoms with Crippen LogP contribution in [0.2, 0.25) is 0 Å². The summed E-state index contributed by atoms with van der Waals surface area (Å²) in [6.07, 6.45) is -3.40. The molecule has 9 heteroatoms. The number of benzene rings is 2. The predicted octanol–water partition coefficient (Wildman–Crippen LogP) is 2.41. The van der Waals surface area contributed by atoms with Gasteiger partial charge in [0.2, 0.25) is 0 Å². The fraction of sp³-hybridized carbons (Fsp3) is 0.333. The van der Waals surface area contributed by atoms with Crippen LogP contribution >= 0.6 is 0 Å². The van der Waals surface area contributed by atoms with E-state index in [0.717, 1.165) is 22.0 Å². The van der Waals surface area contributed by atoms with Gasteiger partial charge in [0.1, 0.15) is 41.4 Å². The number of aliphatic hydroxyl groups excluding tert-OH is 3. The van der Waals surface area contributed by atoms with Gasteiger partial charge in [-0.15, -0.1) is 0 Å². The molecule has 0 radical (unpaired) electrons. The van der Waals surface area contributed by atoms with E-state index >= 15 is 0 Å². The number of rotatable bonds is 6. The first kappa shape index (κ1) is 25.4. The van der Waals surface area contributed by atoms with Crippen LogP contribution in [0.15, 0.2) is 58.5 Å². The van der Waals surface area contributed by atoms with Gasteiger partial charge in [-0.25, -0.2) is 0 Å². The number of nitrogens with one attached hydrogen (secondary N) is 1. The van der Waals surface area contributed by atoms with Gasteiger partial charge >= 0.3 is 0 Å². The molecule has 0 bridgehead atoms. The van der Waals surface area contributed by atoms with Crippen LogP contribution in [-0.2, 0) is 9.53 Å². The molecule has 1 aliphatic heterocycles. The monoisotopic (exact) mass is 491 g/mol. The number of amides is 1. The Bertz CT molecular complexity index is 1320. The number of fused-ring (bicyclic) bond motifs is 1. The van der Waals surface area contributed by atoms with Crippen molar-refractivity contribution in [3.63, 3.8) is 0 Å². The number of anilines is 1. The van der Waals surface area contributed by atoms with Crippen LogP contribution in [0.3, 0.4) is 0 Å². The highest BCUT2D eigenvalue weighted by atomic mass is 16.6. The van der Waals surface area contributed by atoms with Crippen molar-refractivity contribution in [3.8, 4) is 17.4 Å². The summed E-state index contributed by atoms with van der Waals surface area (Å²) in [6.45, 7) is 1.74. The van der Waals surface area contributed by atoms with E-state index in [2.05, 4.69) is 11.4 Å². The summed E-state index contributed by atoms with van der Waals surface area (Å²) in [6, 6.07) is 16.0. The van der Waals surface area contributed by atoms with Gasteiger partial charge in [0.25, 0.3) is 5.91 Å². The Balaban J connectivity index is 1.51. The quantitative estimate of drug-likeness (QED) is 0.305. The molecular weight excluding hydrogens is 462 g/mol. The summed E-state index contributed by atoms with van der Waals surface area (Å²) < 4.78 is 11.1. The number of hydrogen-bond donors (Lipinski definition) is 4. The zero-order valence-electron chi connectivity index (χ0n) is 20.3. The number of ether oxygens (including phenoxy) is 1. The lowest BCUT2D eigenvalue weighted by atomic mass is 9.95. The molecule has 1 fully saturated rings. The molecule has 9 nitrogen and oxygen atoms in total. The molecule has 1 aromatic heterocycles. The SMILES string of the molecule is CC[C@H]1OC(O)[C@H](NC(=O)/C(C#N)=C/c2ccc(-c3ccc4cc(N(C)C)ccc4c3)o2)[C@@H](O)[C@@H]1O. The molecule has 1 amide bonds. The van der Waals surface area contributed by atoms with Crippen molar-refractivity contribution in [2.24, 2.45) is 0 Å². The van der Waals surface area contributed by atoms with E-state index in [0.29, 0.717) is 12.2 Å². The van der Waals surface area contributed by atoms with Crippen LogP contribution in [0.1, 0.15) is 19.1 Å². The lowest BCUT2D eigenvalue weighted by Gasteiger charge is -2.40. The first-order chi connectivity index (χ1) is 17.2. The van der Waals surface area contributed by atoms with Crippen molar-refractivity contribution in [1.29, 1.82) is 5.26 Å². The minimum Gasteiger partial charge on any atom is -0.457 e. The average Bonchev–Trinajstić information content (AvgIpc) is 3.35. The van der Waals surface area contributed by atoms with Crippen molar-refractivity contribution < 1.29 is 29.3 Å². The van der Waals surface area contributed by atoms with Gasteiger partial charge in [0.15, 0.2) is 6.29 Å². The zero-order valence-corrected chi connectivity index (χ0v) is 20.3. The molecular formula is C27H29N3O6. The highest BCUT2D eigenvalue weighted by Crippen LogP contribution is 2.29. The van der Waals surface area contributed by atoms with Crippen LogP contribution in [0, 0.1) is 11.3 Å². The number of carbonyl (C=O) groups is 1. The molecule has 0 spiro atoms. The maximum atomic E-state index is 12.7. The van der Waals surface area contributed by atoms with Crippen molar-refractivity contribution in [3.05, 3.63) is 59.9 Å². The molecule has 3 aromatic rings. The second-order valence-electron chi connectivity index (χ2n) is 8.97. The third kappa shape index (κ3) is 5.12. The minimum absolute atomic E-state index is 0.284. The molecule has 36 heavy (non-hydrogen) atoms. The van der Waals surface area contributed by atoms with E-state index in [1.54, 1.807) is 25.1 Å². The third-order valence-corrected chi connectivity index (χ3v) is 6.32. The fourth-order valence-electron chi connectivity index (χ4n) is 4.21. The van der Waals surface area contributed by atoms with Gasteiger partial charge in [-0.2, -0.15) is 5.26 Å². The number of carbonyl (C=O) groups excluding carboxylic acids is 1. The van der Waals surface area contributed by atoms with Crippen molar-refractivity contribution in [1.82, 2.24) is 5.32 Å². The highest BCUT2D eigenvalue weighted by Gasteiger charge is 2.44. The van der Waals surface area contributed by atoms with Gasteiger partial charge in [-0.1, -0.05) is 25.1 Å². The summed E-state index contributed by atoms with van der Waals surface area (Å²) in [5.74, 6) is 0.0105. The van der Waals surface area contributed by atoms with E-state index in [9.17, 15) is 25.4 Å². The molecule has 1 aliphatic rings. The van der Waals surface area contributed by atoms with Crippen LogP contribution < -0.4 is 10.2 Å². The fourth-order valence-corrected chi connectivity index (χ4v) is 4.21. The van der Waals surface area contributed by atoms with E-state index in [4.69, 9.17) is 9.15 Å². The molecule has 1 saturated heterocycles. The number of hydrogen-bond acceptors (Lipinski definition) is 8. The highest BCUT2D eigenvalue weighted by molar-refractivity contribution is 6.01. The number of nitrogens with zero attached hydrogens (tertiary/aromatic N) is 2. The first-order valence-corrected chi connectivity index (χ1v) is 11.7. The minimum atomic E-state index is -1.53. The Labute approximate surface area is 208 Å². The van der Waals surface area contributed by atoms with Gasteiger partial charge in [0, 0.05) is 31.4 Å². The summed E-state index contributed by atoms with van der Waals surface area (Å²) >= 11 is 0. The van der Waals surface area contributed by atoms with Crippen molar-refractivity contribution >= 4 is 28.4 Å². The summed E-state index contributed by atoms with van der Waals surface area (Å²) in [7, 11) is 3.98. The zero-order chi connectivity index (χ0) is 26.0. The smallest absolute Gasteiger partial charge is 0.262 e. The number of furan rings is 1. The first-order valence-electron chi connectivity index (χ1n) is 11.7. The molecule has 4 rings (SSSR count). The van der Waals surface area contributed by atoms with E-state index < -0.39 is 36.6 Å². The van der Waals surface area contributed by atoms with Gasteiger partial charge in [-0.3, -0.25) is 4.79 Å². The summed E-state index contributed by atoms with van der Waals surface area (Å²) in [4.78, 5) is 14.7. The van der Waals surface area contributed by atoms with Gasteiger partial charge in [0.05, 0.1) is 6.10 Å². The topological polar surface area (TPSA) is 139 Å². The molecule has 2 heterocycles. The standard InChI is InChI=1S/C27H29N3O6/c1-4-21-24(31)25(32)23(27(34)36-21)29-26(33)18(14-28)13-20-9-10-22(35-20)17-6-5-16-12-19(30(2)3)8-7-15(16)11-17/h5-13,21,23-25,27,31-32,34H,4H2,1-3H3,(H,29,33)/b18-13+/t21-,23-,24-,25-,27?/m1/s1. The van der Waals surface area contributed by atoms with Crippen LogP contribution in [0.5, 0.6) is 0 Å². The third-order valence-electron chi connectivity index (χ3n) is 6.32. The average molecular weight is 492 g/mol. The number of nitriles is 1. The van der Waals surface area contributed by atoms with Crippen LogP contribution in [0.25, 0.3) is 28.2 Å². The Morgan fingerprint density at radius 1 is 1.08 bits per heavy atom. The molecule has 0 aliphatic carbocycles. The van der Waals surface area contributed by atoms with Crippen LogP contribution in [0.4, 0.5) is 5.69 Å². The lowest BCUT2D eigenvalue weighted by molar-refractivity contribution is -0.247. The van der Waals surface area contributed by atoms with Gasteiger partial charge < -0.3 is 34.7 Å². The molecule has 2 aromatic carbocycles. The Morgan fingerprint density at radius 2 is 1.81 bits per heavy atom. The van der Waals surface area contributed by atoms with Gasteiger partial charge in [-0.05, 0) is 47.5 Å². The largest absolute Gasteiger partial charge is 0.457 e. The summed E-state index contributed by atoms with van der Waals surface area (Å²) in [5, 5.41) is 44.7. The maximum absolute atomic E-state index is 12.7. The maximum Gasteiger partial charge on any atom is 0.262 e. The number of aliphatic hydroxyl groups is 3. The normalized spacial score (nSPS) is 24.4. The molecule has 4 N–H and O–H groups in total. The predicted molar refractivity (Wildman–Crippen MR) is 135 cm³/mol. The molecule has 1 unspecified atom stereocenters. The Morgan fingerprint density at radius 3 is 2.50 bits per heavy atom. The van der Waals surface area contributed by atoms with Crippen LogP contribution in [-0.4, -0.2) is 66.0 Å². The van der Waals surface area contributed by atoms with E-state index in [1.165, 1.54) is 6.08 Å². The Hall–Kier alpha value is -3.68. The molecule has 0 saturated carbocycles. The van der Waals surface area contributed by atoms with E-state index in [-0.39, 0.29) is 11.3 Å². The Kier molecular flexibility index (Phi) is 7.43. The molecule has 188 valence electrons. The summed E-state index contributed by atoms with van der Waals surface area (Å²) in [5.41, 5.74) is 1.65. The second-order valence-corrected chi connectivity index (χ2v) is 8.97. The lowest BCUT2D eigenvalue weighted by Crippen LogP contribution is -2.63.